The van der Waals surface area contributed by atoms with E-state index >= 15 is 0 Å². The van der Waals surface area contributed by atoms with E-state index in [1.807, 2.05) is 54.6 Å². The molecule has 0 aromatic heterocycles. The normalized spacial score (nSPS) is 18.4. The lowest BCUT2D eigenvalue weighted by Crippen LogP contribution is -2.21. The number of allylic oxidation sites excluding steroid dienone is 1. The number of fused-ring (bicyclic) bond motifs is 3. The first-order valence-electron chi connectivity index (χ1n) is 9.65. The highest BCUT2D eigenvalue weighted by Gasteiger charge is 2.38. The number of carbonyl (C=O) groups is 2. The van der Waals surface area contributed by atoms with Gasteiger partial charge in [-0.25, -0.2) is 0 Å². The Bertz CT molecular complexity index is 1180. The minimum Gasteiger partial charge on any atom is -0.497 e. The van der Waals surface area contributed by atoms with Crippen LogP contribution in [0.15, 0.2) is 72.5 Å². The van der Waals surface area contributed by atoms with Gasteiger partial charge in [0.05, 0.1) is 19.1 Å². The summed E-state index contributed by atoms with van der Waals surface area (Å²) in [6.45, 7) is 0. The molecule has 148 valence electrons. The highest BCUT2D eigenvalue weighted by Crippen LogP contribution is 2.48. The lowest BCUT2D eigenvalue weighted by atomic mass is 9.85. The average molecular weight is 398 g/mol. The molecular formula is C25H18O5. The van der Waals surface area contributed by atoms with Gasteiger partial charge in [0.1, 0.15) is 17.2 Å². The topological polar surface area (TPSA) is 61.8 Å². The number of hydrogen-bond donors (Lipinski definition) is 0. The summed E-state index contributed by atoms with van der Waals surface area (Å²) in [6.07, 6.45) is 1.91. The smallest absolute Gasteiger partial charge is 0.312 e. The Balaban J connectivity index is 1.58. The van der Waals surface area contributed by atoms with Gasteiger partial charge in [-0.1, -0.05) is 42.5 Å². The highest BCUT2D eigenvalue weighted by molar-refractivity contribution is 6.15. The summed E-state index contributed by atoms with van der Waals surface area (Å²) in [5.41, 5.74) is 3.02. The van der Waals surface area contributed by atoms with Crippen molar-refractivity contribution in [1.82, 2.24) is 0 Å². The van der Waals surface area contributed by atoms with E-state index in [1.54, 1.807) is 25.3 Å². The standard InChI is InChI=1S/C25H18O5/c1-28-17-9-7-15(8-10-17)13-21-24(27)18-11-12-20-23(25(18)30-21)19(14-22(26)29-20)16-5-3-2-4-6-16/h2-13,19H,14H2,1H3. The van der Waals surface area contributed by atoms with E-state index in [4.69, 9.17) is 14.2 Å². The van der Waals surface area contributed by atoms with Crippen molar-refractivity contribution < 1.29 is 23.8 Å². The van der Waals surface area contributed by atoms with Gasteiger partial charge >= 0.3 is 5.97 Å². The first kappa shape index (κ1) is 18.2. The van der Waals surface area contributed by atoms with Crippen LogP contribution in [0.25, 0.3) is 6.08 Å². The van der Waals surface area contributed by atoms with Crippen molar-refractivity contribution in [3.8, 4) is 17.2 Å². The molecule has 3 aromatic carbocycles. The summed E-state index contributed by atoms with van der Waals surface area (Å²) in [5, 5.41) is 0. The molecule has 2 aliphatic rings. The molecule has 5 rings (SSSR count). The van der Waals surface area contributed by atoms with Crippen LogP contribution in [0.2, 0.25) is 0 Å². The quantitative estimate of drug-likeness (QED) is 0.362. The van der Waals surface area contributed by atoms with Crippen LogP contribution in [0.4, 0.5) is 0 Å². The molecule has 0 saturated carbocycles. The molecule has 0 fully saturated rings. The van der Waals surface area contributed by atoms with Crippen molar-refractivity contribution >= 4 is 17.8 Å². The second-order valence-corrected chi connectivity index (χ2v) is 7.21. The zero-order valence-corrected chi connectivity index (χ0v) is 16.3. The number of rotatable bonds is 3. The van der Waals surface area contributed by atoms with Gasteiger partial charge < -0.3 is 14.2 Å². The summed E-state index contributed by atoms with van der Waals surface area (Å²) >= 11 is 0. The Morgan fingerprint density at radius 2 is 1.70 bits per heavy atom. The summed E-state index contributed by atoms with van der Waals surface area (Å²) in [5.74, 6) is 1.18. The van der Waals surface area contributed by atoms with Crippen molar-refractivity contribution in [1.29, 1.82) is 0 Å². The molecule has 0 spiro atoms. The average Bonchev–Trinajstić information content (AvgIpc) is 3.09. The highest BCUT2D eigenvalue weighted by atomic mass is 16.5. The van der Waals surface area contributed by atoms with Gasteiger partial charge in [-0.2, -0.15) is 0 Å². The van der Waals surface area contributed by atoms with Gasteiger partial charge in [-0.15, -0.1) is 0 Å². The van der Waals surface area contributed by atoms with Gasteiger partial charge in [0.2, 0.25) is 5.78 Å². The van der Waals surface area contributed by atoms with Crippen LogP contribution in [0.1, 0.15) is 39.4 Å². The van der Waals surface area contributed by atoms with Crippen molar-refractivity contribution in [3.05, 3.63) is 94.7 Å². The van der Waals surface area contributed by atoms with Gasteiger partial charge in [0, 0.05) is 11.5 Å². The molecule has 0 amide bonds. The monoisotopic (exact) mass is 398 g/mol. The number of carbonyl (C=O) groups excluding carboxylic acids is 2. The predicted octanol–water partition coefficient (Wildman–Crippen LogP) is 4.75. The van der Waals surface area contributed by atoms with Crippen LogP contribution in [-0.2, 0) is 4.79 Å². The minimum absolute atomic E-state index is 0.188. The Kier molecular flexibility index (Phi) is 4.36. The van der Waals surface area contributed by atoms with Crippen molar-refractivity contribution in [2.24, 2.45) is 0 Å². The fourth-order valence-electron chi connectivity index (χ4n) is 3.93. The second kappa shape index (κ2) is 7.19. The summed E-state index contributed by atoms with van der Waals surface area (Å²) in [4.78, 5) is 25.2. The molecule has 0 radical (unpaired) electrons. The van der Waals surface area contributed by atoms with Crippen LogP contribution in [-0.4, -0.2) is 18.9 Å². The minimum atomic E-state index is -0.297. The predicted molar refractivity (Wildman–Crippen MR) is 111 cm³/mol. The maximum Gasteiger partial charge on any atom is 0.312 e. The van der Waals surface area contributed by atoms with Gasteiger partial charge in [0.25, 0.3) is 0 Å². The molecule has 2 heterocycles. The zero-order chi connectivity index (χ0) is 20.7. The van der Waals surface area contributed by atoms with E-state index < -0.39 is 0 Å². The van der Waals surface area contributed by atoms with Crippen LogP contribution in [0, 0.1) is 0 Å². The first-order chi connectivity index (χ1) is 14.6. The van der Waals surface area contributed by atoms with E-state index in [0.29, 0.717) is 17.1 Å². The summed E-state index contributed by atoms with van der Waals surface area (Å²) in [6, 6.07) is 20.4. The third-order valence-electron chi connectivity index (χ3n) is 5.40. The molecule has 0 aliphatic carbocycles. The largest absolute Gasteiger partial charge is 0.497 e. The maximum atomic E-state index is 13.0. The number of methoxy groups -OCH3 is 1. The number of ketones is 1. The fourth-order valence-corrected chi connectivity index (χ4v) is 3.93. The molecule has 5 heteroatoms. The second-order valence-electron chi connectivity index (χ2n) is 7.21. The molecule has 30 heavy (non-hydrogen) atoms. The SMILES string of the molecule is COc1ccc(C=C2Oc3c(ccc4c3C(c3ccccc3)CC(=O)O4)C2=O)cc1. The Morgan fingerprint density at radius 1 is 0.933 bits per heavy atom. The van der Waals surface area contributed by atoms with E-state index in [2.05, 4.69) is 0 Å². The van der Waals surface area contributed by atoms with E-state index in [0.717, 1.165) is 22.4 Å². The molecule has 0 bridgehead atoms. The van der Waals surface area contributed by atoms with Gasteiger partial charge in [0.15, 0.2) is 5.76 Å². The lowest BCUT2D eigenvalue weighted by Gasteiger charge is -2.26. The molecule has 5 nitrogen and oxygen atoms in total. The lowest BCUT2D eigenvalue weighted by molar-refractivity contribution is -0.135. The number of esters is 1. The molecule has 0 saturated heterocycles. The summed E-state index contributed by atoms with van der Waals surface area (Å²) < 4.78 is 16.7. The van der Waals surface area contributed by atoms with E-state index in [1.165, 1.54) is 0 Å². The van der Waals surface area contributed by atoms with E-state index in [9.17, 15) is 9.59 Å². The Hall–Kier alpha value is -3.86. The molecule has 2 aliphatic heterocycles. The summed E-state index contributed by atoms with van der Waals surface area (Å²) in [7, 11) is 1.60. The molecule has 0 N–H and O–H groups in total. The third kappa shape index (κ3) is 3.05. The molecule has 3 aromatic rings. The van der Waals surface area contributed by atoms with Gasteiger partial charge in [-0.05, 0) is 41.5 Å². The molecular weight excluding hydrogens is 380 g/mol. The van der Waals surface area contributed by atoms with Crippen LogP contribution in [0.3, 0.4) is 0 Å². The van der Waals surface area contributed by atoms with Crippen LogP contribution >= 0.6 is 0 Å². The first-order valence-corrected chi connectivity index (χ1v) is 9.65. The van der Waals surface area contributed by atoms with Gasteiger partial charge in [-0.3, -0.25) is 9.59 Å². The maximum absolute atomic E-state index is 13.0. The van der Waals surface area contributed by atoms with Crippen molar-refractivity contribution in [3.63, 3.8) is 0 Å². The zero-order valence-electron chi connectivity index (χ0n) is 16.3. The number of ether oxygens (including phenoxy) is 3. The number of Topliss-reactive ketones (excluding diaryl/α,β-unsaturated/α-hetero) is 1. The molecule has 1 atom stereocenters. The number of benzene rings is 3. The van der Waals surface area contributed by atoms with Crippen molar-refractivity contribution in [2.45, 2.75) is 12.3 Å². The van der Waals surface area contributed by atoms with Crippen LogP contribution in [0.5, 0.6) is 17.2 Å². The third-order valence-corrected chi connectivity index (χ3v) is 5.40. The van der Waals surface area contributed by atoms with Crippen molar-refractivity contribution in [2.75, 3.05) is 7.11 Å². The molecule has 1 unspecified atom stereocenters. The Labute approximate surface area is 173 Å². The number of hydrogen-bond acceptors (Lipinski definition) is 5. The van der Waals surface area contributed by atoms with E-state index in [-0.39, 0.29) is 29.9 Å². The fraction of sp³-hybridized carbons (Fsp3) is 0.120. The van der Waals surface area contributed by atoms with Crippen LogP contribution < -0.4 is 14.2 Å². The Morgan fingerprint density at radius 3 is 2.43 bits per heavy atom.